The average Bonchev–Trinajstić information content (AvgIpc) is 2.80. The molecule has 1 aliphatic heterocycles. The van der Waals surface area contributed by atoms with Crippen molar-refractivity contribution in [3.8, 4) is 0 Å². The molecule has 0 amide bonds. The van der Waals surface area contributed by atoms with E-state index < -0.39 is 10.0 Å². The number of ether oxygens (including phenoxy) is 1. The molecule has 0 aliphatic carbocycles. The molecule has 2 heterocycles. The Balaban J connectivity index is 2.04. The van der Waals surface area contributed by atoms with Crippen LogP contribution in [0.3, 0.4) is 0 Å². The van der Waals surface area contributed by atoms with Crippen molar-refractivity contribution in [2.75, 3.05) is 33.4 Å². The predicted molar refractivity (Wildman–Crippen MR) is 69.8 cm³/mol. The molecular formula is C10H17N3O3S2. The van der Waals surface area contributed by atoms with E-state index in [0.29, 0.717) is 37.1 Å². The Hall–Kier alpha value is -0.510. The van der Waals surface area contributed by atoms with Gasteiger partial charge in [-0.2, -0.15) is 0 Å². The number of nitrogens with one attached hydrogen (secondary N) is 2. The number of nitrogens with zero attached hydrogens (tertiary/aromatic N) is 1. The first kappa shape index (κ1) is 13.9. The van der Waals surface area contributed by atoms with E-state index in [4.69, 9.17) is 4.74 Å². The molecule has 1 saturated heterocycles. The Labute approximate surface area is 111 Å². The maximum absolute atomic E-state index is 12.1. The molecule has 102 valence electrons. The summed E-state index contributed by atoms with van der Waals surface area (Å²) in [5.74, 6) is 0. The van der Waals surface area contributed by atoms with Gasteiger partial charge in [0.05, 0.1) is 13.2 Å². The largest absolute Gasteiger partial charge is 0.379 e. The molecule has 0 aromatic carbocycles. The van der Waals surface area contributed by atoms with Crippen LogP contribution in [0.2, 0.25) is 0 Å². The van der Waals surface area contributed by atoms with Gasteiger partial charge >= 0.3 is 0 Å². The molecule has 0 unspecified atom stereocenters. The van der Waals surface area contributed by atoms with Crippen molar-refractivity contribution in [3.63, 3.8) is 0 Å². The fourth-order valence-electron chi connectivity index (χ4n) is 1.66. The smallest absolute Gasteiger partial charge is 0.262 e. The maximum Gasteiger partial charge on any atom is 0.262 e. The standard InChI is InChI=1S/C10H17N3O3S2/c1-11-7-9-6-10(17-8-9)18(14,15)12-13-2-4-16-5-3-13/h6,8,11-12H,2-5,7H2,1H3. The molecule has 2 N–H and O–H groups in total. The highest BCUT2D eigenvalue weighted by Crippen LogP contribution is 2.20. The number of rotatable bonds is 5. The number of morpholine rings is 1. The third-order valence-electron chi connectivity index (χ3n) is 2.54. The van der Waals surface area contributed by atoms with Gasteiger partial charge in [0, 0.05) is 19.6 Å². The summed E-state index contributed by atoms with van der Waals surface area (Å²) >= 11 is 1.24. The maximum atomic E-state index is 12.1. The Morgan fingerprint density at radius 2 is 2.17 bits per heavy atom. The number of hydrazine groups is 1. The third-order valence-corrected chi connectivity index (χ3v) is 5.40. The van der Waals surface area contributed by atoms with Crippen LogP contribution < -0.4 is 10.1 Å². The number of hydrogen-bond acceptors (Lipinski definition) is 6. The molecule has 0 saturated carbocycles. The lowest BCUT2D eigenvalue weighted by Gasteiger charge is -2.26. The van der Waals surface area contributed by atoms with E-state index in [0.717, 1.165) is 5.56 Å². The minimum absolute atomic E-state index is 0.347. The Bertz CT molecular complexity index is 480. The highest BCUT2D eigenvalue weighted by Gasteiger charge is 2.21. The molecule has 1 fully saturated rings. The summed E-state index contributed by atoms with van der Waals surface area (Å²) in [6.45, 7) is 2.93. The summed E-state index contributed by atoms with van der Waals surface area (Å²) in [4.78, 5) is 2.58. The Kier molecular flexibility index (Phi) is 4.71. The van der Waals surface area contributed by atoms with Crippen LogP contribution in [-0.2, 0) is 21.3 Å². The molecule has 0 atom stereocenters. The zero-order chi connectivity index (χ0) is 13.0. The lowest BCUT2D eigenvalue weighted by atomic mass is 10.3. The molecular weight excluding hydrogens is 274 g/mol. The van der Waals surface area contributed by atoms with Gasteiger partial charge in [-0.1, -0.05) is 0 Å². The van der Waals surface area contributed by atoms with E-state index in [9.17, 15) is 8.42 Å². The zero-order valence-corrected chi connectivity index (χ0v) is 11.8. The number of hydrogen-bond donors (Lipinski definition) is 2. The van der Waals surface area contributed by atoms with Crippen molar-refractivity contribution < 1.29 is 13.2 Å². The molecule has 0 bridgehead atoms. The van der Waals surface area contributed by atoms with Crippen molar-refractivity contribution >= 4 is 21.4 Å². The van der Waals surface area contributed by atoms with Crippen LogP contribution in [0.4, 0.5) is 0 Å². The fraction of sp³-hybridized carbons (Fsp3) is 0.600. The molecule has 1 aromatic heterocycles. The van der Waals surface area contributed by atoms with E-state index in [1.165, 1.54) is 11.3 Å². The first-order chi connectivity index (χ1) is 8.62. The van der Waals surface area contributed by atoms with Crippen LogP contribution in [0, 0.1) is 0 Å². The van der Waals surface area contributed by atoms with Gasteiger partial charge < -0.3 is 10.1 Å². The highest BCUT2D eigenvalue weighted by atomic mass is 32.2. The van der Waals surface area contributed by atoms with Gasteiger partial charge in [-0.05, 0) is 24.1 Å². The zero-order valence-electron chi connectivity index (χ0n) is 10.2. The first-order valence-electron chi connectivity index (χ1n) is 5.69. The van der Waals surface area contributed by atoms with Gasteiger partial charge in [-0.25, -0.2) is 13.4 Å². The third kappa shape index (κ3) is 3.50. The van der Waals surface area contributed by atoms with Crippen LogP contribution in [0.15, 0.2) is 15.7 Å². The lowest BCUT2D eigenvalue weighted by Crippen LogP contribution is -2.48. The monoisotopic (exact) mass is 291 g/mol. The van der Waals surface area contributed by atoms with Gasteiger partial charge in [-0.3, -0.25) is 0 Å². The van der Waals surface area contributed by atoms with Crippen LogP contribution in [-0.4, -0.2) is 46.8 Å². The van der Waals surface area contributed by atoms with E-state index in [1.54, 1.807) is 11.1 Å². The topological polar surface area (TPSA) is 70.7 Å². The molecule has 6 nitrogen and oxygen atoms in total. The van der Waals surface area contributed by atoms with Crippen molar-refractivity contribution in [1.29, 1.82) is 0 Å². The summed E-state index contributed by atoms with van der Waals surface area (Å²) in [5, 5.41) is 6.52. The van der Waals surface area contributed by atoms with Crippen molar-refractivity contribution in [2.45, 2.75) is 10.8 Å². The summed E-state index contributed by atoms with van der Waals surface area (Å²) in [6, 6.07) is 1.70. The second-order valence-electron chi connectivity index (χ2n) is 4.00. The summed E-state index contributed by atoms with van der Waals surface area (Å²) in [7, 11) is -1.62. The molecule has 2 rings (SSSR count). The first-order valence-corrected chi connectivity index (χ1v) is 8.05. The average molecular weight is 291 g/mol. The van der Waals surface area contributed by atoms with Gasteiger partial charge in [0.25, 0.3) is 10.0 Å². The lowest BCUT2D eigenvalue weighted by molar-refractivity contribution is 0.0272. The molecule has 1 aliphatic rings. The van der Waals surface area contributed by atoms with Crippen molar-refractivity contribution in [1.82, 2.24) is 15.2 Å². The van der Waals surface area contributed by atoms with E-state index in [-0.39, 0.29) is 0 Å². The minimum Gasteiger partial charge on any atom is -0.379 e. The van der Waals surface area contributed by atoms with Gasteiger partial charge in [0.15, 0.2) is 0 Å². The van der Waals surface area contributed by atoms with E-state index in [2.05, 4.69) is 10.1 Å². The van der Waals surface area contributed by atoms with Crippen LogP contribution in [0.5, 0.6) is 0 Å². The molecule has 18 heavy (non-hydrogen) atoms. The highest BCUT2D eigenvalue weighted by molar-refractivity contribution is 7.91. The normalized spacial score (nSPS) is 18.1. The second-order valence-corrected chi connectivity index (χ2v) is 6.80. The summed E-state index contributed by atoms with van der Waals surface area (Å²) in [6.07, 6.45) is 0. The van der Waals surface area contributed by atoms with E-state index >= 15 is 0 Å². The summed E-state index contributed by atoms with van der Waals surface area (Å²) in [5.41, 5.74) is 0.977. The summed E-state index contributed by atoms with van der Waals surface area (Å²) < 4.78 is 29.7. The quantitative estimate of drug-likeness (QED) is 0.799. The Morgan fingerprint density at radius 1 is 1.44 bits per heavy atom. The number of sulfonamides is 1. The molecule has 8 heteroatoms. The second kappa shape index (κ2) is 6.09. The van der Waals surface area contributed by atoms with Gasteiger partial charge in [0.2, 0.25) is 0 Å². The van der Waals surface area contributed by atoms with Crippen LogP contribution in [0.1, 0.15) is 5.56 Å². The van der Waals surface area contributed by atoms with Crippen molar-refractivity contribution in [2.24, 2.45) is 0 Å². The van der Waals surface area contributed by atoms with Gasteiger partial charge in [-0.15, -0.1) is 16.2 Å². The van der Waals surface area contributed by atoms with Crippen LogP contribution >= 0.6 is 11.3 Å². The van der Waals surface area contributed by atoms with Gasteiger partial charge in [0.1, 0.15) is 4.21 Å². The SMILES string of the molecule is CNCc1csc(S(=O)(=O)NN2CCOCC2)c1. The molecule has 1 aromatic rings. The number of thiophene rings is 1. The molecule has 0 spiro atoms. The minimum atomic E-state index is -3.45. The van der Waals surface area contributed by atoms with Crippen LogP contribution in [0.25, 0.3) is 0 Å². The fourth-order valence-corrected chi connectivity index (χ4v) is 3.98. The Morgan fingerprint density at radius 3 is 2.83 bits per heavy atom. The van der Waals surface area contributed by atoms with E-state index in [1.807, 2.05) is 12.4 Å². The predicted octanol–water partition coefficient (Wildman–Crippen LogP) is -0.00700. The molecule has 0 radical (unpaired) electrons. The van der Waals surface area contributed by atoms with Crippen molar-refractivity contribution in [3.05, 3.63) is 17.0 Å².